The molecule has 0 saturated heterocycles. The summed E-state index contributed by atoms with van der Waals surface area (Å²) < 4.78 is 0. The van der Waals surface area contributed by atoms with Gasteiger partial charge in [0.1, 0.15) is 0 Å². The third kappa shape index (κ3) is 3.99. The molecule has 28 heavy (non-hydrogen) atoms. The van der Waals surface area contributed by atoms with Crippen LogP contribution in [0.5, 0.6) is 0 Å². The SMILES string of the molecule is C=CCN1C(=O)/C(=N\N=C/c2ccc(N(C)CCC#N)cc2)c2ccccc21. The van der Waals surface area contributed by atoms with E-state index < -0.39 is 0 Å². The van der Waals surface area contributed by atoms with Crippen LogP contribution in [0.1, 0.15) is 17.5 Å². The third-order valence-electron chi connectivity index (χ3n) is 4.47. The lowest BCUT2D eigenvalue weighted by Crippen LogP contribution is -2.30. The molecule has 1 heterocycles. The molecule has 2 aromatic carbocycles. The molecule has 140 valence electrons. The quantitative estimate of drug-likeness (QED) is 0.425. The van der Waals surface area contributed by atoms with E-state index in [0.29, 0.717) is 25.2 Å². The number of nitrogens with zero attached hydrogens (tertiary/aromatic N) is 5. The summed E-state index contributed by atoms with van der Waals surface area (Å²) >= 11 is 0. The Labute approximate surface area is 164 Å². The summed E-state index contributed by atoms with van der Waals surface area (Å²) in [4.78, 5) is 16.3. The van der Waals surface area contributed by atoms with Crippen molar-refractivity contribution < 1.29 is 4.79 Å². The second-order valence-corrected chi connectivity index (χ2v) is 6.34. The Balaban J connectivity index is 1.76. The van der Waals surface area contributed by atoms with E-state index in [1.807, 2.05) is 60.5 Å². The van der Waals surface area contributed by atoms with Crippen LogP contribution in [-0.2, 0) is 4.79 Å². The topological polar surface area (TPSA) is 72.1 Å². The van der Waals surface area contributed by atoms with Crippen molar-refractivity contribution in [3.63, 3.8) is 0 Å². The Morgan fingerprint density at radius 3 is 2.68 bits per heavy atom. The fourth-order valence-corrected chi connectivity index (χ4v) is 2.98. The van der Waals surface area contributed by atoms with Crippen LogP contribution < -0.4 is 9.80 Å². The highest BCUT2D eigenvalue weighted by Crippen LogP contribution is 2.29. The van der Waals surface area contributed by atoms with E-state index in [9.17, 15) is 4.79 Å². The maximum absolute atomic E-state index is 12.6. The Bertz CT molecular complexity index is 969. The van der Waals surface area contributed by atoms with E-state index in [0.717, 1.165) is 22.5 Å². The number of amides is 1. The average Bonchev–Trinajstić information content (AvgIpc) is 2.99. The molecule has 0 aromatic heterocycles. The van der Waals surface area contributed by atoms with Gasteiger partial charge in [0.05, 0.1) is 24.4 Å². The number of carbonyl (C=O) groups excluding carboxylic acids is 1. The molecule has 0 N–H and O–H groups in total. The first-order chi connectivity index (χ1) is 13.7. The highest BCUT2D eigenvalue weighted by atomic mass is 16.2. The van der Waals surface area contributed by atoms with Crippen LogP contribution in [0, 0.1) is 11.3 Å². The molecule has 0 saturated carbocycles. The van der Waals surface area contributed by atoms with Crippen molar-refractivity contribution in [1.29, 1.82) is 5.26 Å². The zero-order valence-electron chi connectivity index (χ0n) is 15.7. The number of hydrogen-bond acceptors (Lipinski definition) is 5. The monoisotopic (exact) mass is 371 g/mol. The summed E-state index contributed by atoms with van der Waals surface area (Å²) in [6.07, 6.45) is 3.80. The van der Waals surface area contributed by atoms with Gasteiger partial charge in [-0.15, -0.1) is 11.7 Å². The Hall–Kier alpha value is -3.72. The summed E-state index contributed by atoms with van der Waals surface area (Å²) in [5.74, 6) is -0.173. The van der Waals surface area contributed by atoms with Gasteiger partial charge >= 0.3 is 0 Å². The van der Waals surface area contributed by atoms with Crippen molar-refractivity contribution in [3.8, 4) is 6.07 Å². The van der Waals surface area contributed by atoms with Crippen LogP contribution in [0.2, 0.25) is 0 Å². The highest BCUT2D eigenvalue weighted by Gasteiger charge is 2.32. The standard InChI is InChI=1S/C22H21N5O/c1-3-14-27-20-8-5-4-7-19(20)21(22(27)28)25-24-16-17-9-11-18(12-10-17)26(2)15-6-13-23/h3-5,7-12,16H,1,6,14-15H2,2H3/b24-16-,25-21-. The van der Waals surface area contributed by atoms with E-state index in [1.165, 1.54) is 0 Å². The van der Waals surface area contributed by atoms with Gasteiger partial charge in [-0.05, 0) is 23.8 Å². The molecular weight excluding hydrogens is 350 g/mol. The van der Waals surface area contributed by atoms with Crippen LogP contribution in [0.25, 0.3) is 0 Å². The van der Waals surface area contributed by atoms with E-state index in [4.69, 9.17) is 5.26 Å². The molecule has 2 aromatic rings. The molecule has 0 aliphatic carbocycles. The van der Waals surface area contributed by atoms with Gasteiger partial charge < -0.3 is 9.80 Å². The lowest BCUT2D eigenvalue weighted by molar-refractivity contribution is -0.112. The maximum Gasteiger partial charge on any atom is 0.279 e. The molecule has 0 fully saturated rings. The van der Waals surface area contributed by atoms with Crippen molar-refractivity contribution in [2.75, 3.05) is 29.9 Å². The van der Waals surface area contributed by atoms with Crippen molar-refractivity contribution in [2.45, 2.75) is 6.42 Å². The third-order valence-corrected chi connectivity index (χ3v) is 4.47. The van der Waals surface area contributed by atoms with Crippen molar-refractivity contribution in [1.82, 2.24) is 0 Å². The maximum atomic E-state index is 12.6. The normalized spacial score (nSPS) is 14.4. The first kappa shape index (κ1) is 19.1. The zero-order chi connectivity index (χ0) is 19.9. The number of hydrogen-bond donors (Lipinski definition) is 0. The first-order valence-corrected chi connectivity index (χ1v) is 8.97. The number of nitriles is 1. The van der Waals surface area contributed by atoms with E-state index >= 15 is 0 Å². The molecule has 0 spiro atoms. The van der Waals surface area contributed by atoms with Gasteiger partial charge in [0.25, 0.3) is 5.91 Å². The molecule has 0 bridgehead atoms. The van der Waals surface area contributed by atoms with Crippen molar-refractivity contribution >= 4 is 29.2 Å². The summed E-state index contributed by atoms with van der Waals surface area (Å²) in [7, 11) is 1.95. The predicted molar refractivity (Wildman–Crippen MR) is 113 cm³/mol. The molecule has 0 atom stereocenters. The van der Waals surface area contributed by atoms with Gasteiger partial charge in [0.2, 0.25) is 0 Å². The van der Waals surface area contributed by atoms with Gasteiger partial charge in [-0.3, -0.25) is 4.79 Å². The van der Waals surface area contributed by atoms with Crippen LogP contribution in [0.15, 0.2) is 71.4 Å². The number of benzene rings is 2. The van der Waals surface area contributed by atoms with Crippen LogP contribution in [0.3, 0.4) is 0 Å². The van der Waals surface area contributed by atoms with Gasteiger partial charge in [-0.2, -0.15) is 10.4 Å². The van der Waals surface area contributed by atoms with Crippen LogP contribution >= 0.6 is 0 Å². The zero-order valence-corrected chi connectivity index (χ0v) is 15.7. The summed E-state index contributed by atoms with van der Waals surface area (Å²) in [5.41, 5.74) is 3.84. The molecule has 3 rings (SSSR count). The molecule has 6 nitrogen and oxygen atoms in total. The minimum Gasteiger partial charge on any atom is -0.374 e. The number of rotatable bonds is 7. The Kier molecular flexibility index (Phi) is 5.97. The van der Waals surface area contributed by atoms with E-state index in [1.54, 1.807) is 17.2 Å². The molecule has 0 radical (unpaired) electrons. The lowest BCUT2D eigenvalue weighted by Gasteiger charge is -2.17. The number of fused-ring (bicyclic) bond motifs is 1. The largest absolute Gasteiger partial charge is 0.374 e. The summed E-state index contributed by atoms with van der Waals surface area (Å²) in [5, 5.41) is 17.0. The predicted octanol–water partition coefficient (Wildman–Crippen LogP) is 3.39. The minimum atomic E-state index is -0.173. The van der Waals surface area contributed by atoms with Crippen molar-refractivity contribution in [2.24, 2.45) is 10.2 Å². The number of anilines is 2. The van der Waals surface area contributed by atoms with Gasteiger partial charge in [-0.1, -0.05) is 36.4 Å². The fourth-order valence-electron chi connectivity index (χ4n) is 2.98. The molecule has 6 heteroatoms. The molecule has 0 unspecified atom stereocenters. The smallest absolute Gasteiger partial charge is 0.279 e. The number of para-hydroxylation sites is 1. The van der Waals surface area contributed by atoms with Crippen molar-refractivity contribution in [3.05, 3.63) is 72.3 Å². The van der Waals surface area contributed by atoms with Gasteiger partial charge in [0.15, 0.2) is 5.71 Å². The average molecular weight is 371 g/mol. The summed E-state index contributed by atoms with van der Waals surface area (Å²) in [6.45, 7) is 4.82. The molecule has 1 aliphatic heterocycles. The molecule has 1 amide bonds. The summed E-state index contributed by atoms with van der Waals surface area (Å²) in [6, 6.07) is 17.5. The lowest BCUT2D eigenvalue weighted by atomic mass is 10.1. The molecular formula is C22H21N5O. The highest BCUT2D eigenvalue weighted by molar-refractivity contribution is 6.54. The fraction of sp³-hybridized carbons (Fsp3) is 0.182. The number of carbonyl (C=O) groups is 1. The Morgan fingerprint density at radius 1 is 1.21 bits per heavy atom. The van der Waals surface area contributed by atoms with Gasteiger partial charge in [0, 0.05) is 31.4 Å². The molecule has 1 aliphatic rings. The van der Waals surface area contributed by atoms with Crippen LogP contribution in [0.4, 0.5) is 11.4 Å². The minimum absolute atomic E-state index is 0.173. The van der Waals surface area contributed by atoms with E-state index in [2.05, 4.69) is 22.9 Å². The second kappa shape index (κ2) is 8.78. The van der Waals surface area contributed by atoms with Crippen LogP contribution in [-0.4, -0.2) is 38.0 Å². The second-order valence-electron chi connectivity index (χ2n) is 6.34. The van der Waals surface area contributed by atoms with E-state index in [-0.39, 0.29) is 5.91 Å². The Morgan fingerprint density at radius 2 is 1.96 bits per heavy atom. The first-order valence-electron chi connectivity index (χ1n) is 8.97. The van der Waals surface area contributed by atoms with Gasteiger partial charge in [-0.25, -0.2) is 0 Å².